The van der Waals surface area contributed by atoms with Crippen LogP contribution in [0.4, 0.5) is 27.6 Å². The quantitative estimate of drug-likeness (QED) is 0.472. The van der Waals surface area contributed by atoms with Crippen LogP contribution in [0.25, 0.3) is 22.3 Å². The van der Waals surface area contributed by atoms with Crippen LogP contribution in [0.3, 0.4) is 0 Å². The average Bonchev–Trinajstić information content (AvgIpc) is 2.60. The highest BCUT2D eigenvalue weighted by Gasteiger charge is 2.31. The van der Waals surface area contributed by atoms with Crippen molar-refractivity contribution in [3.63, 3.8) is 0 Å². The molecule has 7 heteroatoms. The lowest BCUT2D eigenvalue weighted by atomic mass is 9.93. The lowest BCUT2D eigenvalue weighted by Gasteiger charge is -2.15. The molecule has 0 unspecified atom stereocenters. The summed E-state index contributed by atoms with van der Waals surface area (Å²) in [6.45, 7) is 0. The summed E-state index contributed by atoms with van der Waals surface area (Å²) in [6, 6.07) is 14.2. The molecule has 0 saturated heterocycles. The molecule has 0 heterocycles. The lowest BCUT2D eigenvalue weighted by Crippen LogP contribution is -2.16. The smallest absolute Gasteiger partial charge is 0.406 e. The predicted molar refractivity (Wildman–Crippen MR) is 88.3 cm³/mol. The zero-order chi connectivity index (χ0) is 18.9. The second kappa shape index (κ2) is 6.67. The molecule has 3 aromatic rings. The standard InChI is InChI=1S/C19H12F5NO/c20-15-10-14(11-4-2-1-3-5-11)16(17(21)18(15)25)12-6-8-13(9-7-12)26-19(22,23)24/h1-10H,25H2. The summed E-state index contributed by atoms with van der Waals surface area (Å²) in [7, 11) is 0. The third-order valence-electron chi connectivity index (χ3n) is 3.72. The SMILES string of the molecule is Nc1c(F)cc(-c2ccccc2)c(-c2ccc(OC(F)(F)F)cc2)c1F. The van der Waals surface area contributed by atoms with E-state index in [0.29, 0.717) is 5.56 Å². The fraction of sp³-hybridized carbons (Fsp3) is 0.0526. The molecule has 134 valence electrons. The van der Waals surface area contributed by atoms with Gasteiger partial charge in [-0.15, -0.1) is 13.2 Å². The molecular weight excluding hydrogens is 353 g/mol. The maximum Gasteiger partial charge on any atom is 0.573 e. The summed E-state index contributed by atoms with van der Waals surface area (Å²) in [5, 5.41) is 0. The van der Waals surface area contributed by atoms with Crippen molar-refractivity contribution < 1.29 is 26.7 Å². The molecule has 2 N–H and O–H groups in total. The number of rotatable bonds is 3. The van der Waals surface area contributed by atoms with Gasteiger partial charge in [0.25, 0.3) is 0 Å². The van der Waals surface area contributed by atoms with Gasteiger partial charge in [-0.2, -0.15) is 0 Å². The summed E-state index contributed by atoms with van der Waals surface area (Å²) in [5.41, 5.74) is 5.81. The van der Waals surface area contributed by atoms with Gasteiger partial charge in [0.15, 0.2) is 5.82 Å². The molecule has 0 aliphatic carbocycles. The monoisotopic (exact) mass is 365 g/mol. The Labute approximate surface area is 145 Å². The number of nitrogens with two attached hydrogens (primary N) is 1. The molecule has 3 aromatic carbocycles. The average molecular weight is 365 g/mol. The number of halogens is 5. The topological polar surface area (TPSA) is 35.2 Å². The maximum atomic E-state index is 14.7. The van der Waals surface area contributed by atoms with E-state index in [9.17, 15) is 22.0 Å². The van der Waals surface area contributed by atoms with Gasteiger partial charge in [0.2, 0.25) is 0 Å². The Morgan fingerprint density at radius 3 is 2.00 bits per heavy atom. The fourth-order valence-corrected chi connectivity index (χ4v) is 2.59. The van der Waals surface area contributed by atoms with E-state index in [0.717, 1.165) is 18.2 Å². The van der Waals surface area contributed by atoms with Crippen LogP contribution in [0, 0.1) is 11.6 Å². The lowest BCUT2D eigenvalue weighted by molar-refractivity contribution is -0.274. The van der Waals surface area contributed by atoms with Crippen LogP contribution in [0.1, 0.15) is 0 Å². The van der Waals surface area contributed by atoms with Crippen molar-refractivity contribution in [2.75, 3.05) is 5.73 Å². The van der Waals surface area contributed by atoms with E-state index in [1.807, 2.05) is 0 Å². The largest absolute Gasteiger partial charge is 0.573 e. The van der Waals surface area contributed by atoms with Gasteiger partial charge in [-0.1, -0.05) is 42.5 Å². The van der Waals surface area contributed by atoms with Crippen LogP contribution in [-0.4, -0.2) is 6.36 Å². The Kier molecular flexibility index (Phi) is 4.54. The van der Waals surface area contributed by atoms with E-state index in [1.165, 1.54) is 12.1 Å². The third-order valence-corrected chi connectivity index (χ3v) is 3.72. The van der Waals surface area contributed by atoms with E-state index in [1.54, 1.807) is 30.3 Å². The zero-order valence-corrected chi connectivity index (χ0v) is 13.1. The summed E-state index contributed by atoms with van der Waals surface area (Å²) in [4.78, 5) is 0. The van der Waals surface area contributed by atoms with Crippen molar-refractivity contribution >= 4 is 5.69 Å². The minimum absolute atomic E-state index is 0.00587. The first-order chi connectivity index (χ1) is 12.3. The van der Waals surface area contributed by atoms with E-state index in [4.69, 9.17) is 5.73 Å². The number of nitrogen functional groups attached to an aromatic ring is 1. The van der Waals surface area contributed by atoms with Crippen LogP contribution >= 0.6 is 0 Å². The Morgan fingerprint density at radius 1 is 0.808 bits per heavy atom. The molecule has 0 amide bonds. The summed E-state index contributed by atoms with van der Waals surface area (Å²) in [5.74, 6) is -2.34. The molecule has 3 rings (SSSR count). The first kappa shape index (κ1) is 17.7. The molecule has 0 aliphatic heterocycles. The Morgan fingerprint density at radius 2 is 1.42 bits per heavy atom. The minimum atomic E-state index is -4.83. The van der Waals surface area contributed by atoms with Gasteiger partial charge in [-0.05, 0) is 34.9 Å². The summed E-state index contributed by atoms with van der Waals surface area (Å²) in [6.07, 6.45) is -4.83. The zero-order valence-electron chi connectivity index (χ0n) is 13.1. The van der Waals surface area contributed by atoms with Gasteiger partial charge in [-0.25, -0.2) is 8.78 Å². The van der Waals surface area contributed by atoms with E-state index in [-0.39, 0.29) is 16.7 Å². The van der Waals surface area contributed by atoms with Crippen molar-refractivity contribution in [2.45, 2.75) is 6.36 Å². The summed E-state index contributed by atoms with van der Waals surface area (Å²) < 4.78 is 69.3. The Balaban J connectivity index is 2.14. The molecule has 0 bridgehead atoms. The molecule has 0 atom stereocenters. The van der Waals surface area contributed by atoms with E-state index >= 15 is 0 Å². The predicted octanol–water partition coefficient (Wildman–Crippen LogP) is 5.78. The highest BCUT2D eigenvalue weighted by Crippen LogP contribution is 2.38. The molecule has 0 fully saturated rings. The van der Waals surface area contributed by atoms with E-state index < -0.39 is 29.4 Å². The molecule has 0 spiro atoms. The second-order valence-electron chi connectivity index (χ2n) is 5.45. The summed E-state index contributed by atoms with van der Waals surface area (Å²) >= 11 is 0. The van der Waals surface area contributed by atoms with Crippen LogP contribution < -0.4 is 10.5 Å². The molecule has 0 aliphatic rings. The highest BCUT2D eigenvalue weighted by molar-refractivity contribution is 5.86. The molecule has 0 aromatic heterocycles. The normalized spacial score (nSPS) is 11.4. The van der Waals surface area contributed by atoms with Crippen molar-refractivity contribution in [1.29, 1.82) is 0 Å². The first-order valence-electron chi connectivity index (χ1n) is 7.45. The Bertz CT molecular complexity index is 921. The molecule has 0 saturated carbocycles. The van der Waals surface area contributed by atoms with Gasteiger partial charge >= 0.3 is 6.36 Å². The van der Waals surface area contributed by atoms with Crippen LogP contribution in [0.5, 0.6) is 5.75 Å². The first-order valence-corrected chi connectivity index (χ1v) is 7.45. The van der Waals surface area contributed by atoms with Gasteiger partial charge in [0, 0.05) is 5.56 Å². The van der Waals surface area contributed by atoms with E-state index in [2.05, 4.69) is 4.74 Å². The van der Waals surface area contributed by atoms with Gasteiger partial charge < -0.3 is 10.5 Å². The number of alkyl halides is 3. The van der Waals surface area contributed by atoms with Crippen molar-refractivity contribution in [2.24, 2.45) is 0 Å². The van der Waals surface area contributed by atoms with Gasteiger partial charge in [-0.3, -0.25) is 0 Å². The number of hydrogen-bond acceptors (Lipinski definition) is 2. The number of hydrogen-bond donors (Lipinski definition) is 1. The van der Waals surface area contributed by atoms with Gasteiger partial charge in [0.05, 0.1) is 0 Å². The fourth-order valence-electron chi connectivity index (χ4n) is 2.59. The highest BCUT2D eigenvalue weighted by atomic mass is 19.4. The van der Waals surface area contributed by atoms with Crippen molar-refractivity contribution in [1.82, 2.24) is 0 Å². The maximum absolute atomic E-state index is 14.7. The number of anilines is 1. The molecular formula is C19H12F5NO. The molecule has 26 heavy (non-hydrogen) atoms. The van der Waals surface area contributed by atoms with Crippen LogP contribution in [0.2, 0.25) is 0 Å². The Hall–Kier alpha value is -3.09. The second-order valence-corrected chi connectivity index (χ2v) is 5.45. The van der Waals surface area contributed by atoms with Gasteiger partial charge in [0.1, 0.15) is 17.3 Å². The minimum Gasteiger partial charge on any atom is -0.406 e. The van der Waals surface area contributed by atoms with Crippen LogP contribution in [0.15, 0.2) is 60.7 Å². The van der Waals surface area contributed by atoms with Crippen molar-refractivity contribution in [3.05, 3.63) is 72.3 Å². The van der Waals surface area contributed by atoms with Crippen LogP contribution in [-0.2, 0) is 0 Å². The molecule has 2 nitrogen and oxygen atoms in total. The molecule has 0 radical (unpaired) electrons. The van der Waals surface area contributed by atoms with Crippen molar-refractivity contribution in [3.8, 4) is 28.0 Å². The number of benzene rings is 3. The number of ether oxygens (including phenoxy) is 1. The third kappa shape index (κ3) is 3.61.